The summed E-state index contributed by atoms with van der Waals surface area (Å²) in [5.74, 6) is 0.904. The maximum atomic E-state index is 3.89. The fraction of sp³-hybridized carbons (Fsp3) is 0.778. The lowest BCUT2D eigenvalue weighted by Gasteiger charge is -2.43. The van der Waals surface area contributed by atoms with Crippen LogP contribution in [0.2, 0.25) is 0 Å². The molecule has 1 fully saturated rings. The predicted molar refractivity (Wildman–Crippen MR) is 90.1 cm³/mol. The van der Waals surface area contributed by atoms with Crippen molar-refractivity contribution in [3.63, 3.8) is 0 Å². The molecule has 0 aromatic carbocycles. The van der Waals surface area contributed by atoms with Crippen LogP contribution in [0.3, 0.4) is 0 Å². The summed E-state index contributed by atoms with van der Waals surface area (Å²) in [4.78, 5) is 2.49. The van der Waals surface area contributed by atoms with Crippen LogP contribution in [0, 0.1) is 11.3 Å². The first-order valence-electron chi connectivity index (χ1n) is 8.30. The van der Waals surface area contributed by atoms with E-state index in [4.69, 9.17) is 0 Å². The number of rotatable bonds is 10. The highest BCUT2D eigenvalue weighted by molar-refractivity contribution is 4.92. The molecule has 0 aromatic heterocycles. The van der Waals surface area contributed by atoms with Crippen molar-refractivity contribution in [1.82, 2.24) is 10.2 Å². The number of hydrogen-bond acceptors (Lipinski definition) is 2. The summed E-state index contributed by atoms with van der Waals surface area (Å²) in [6.07, 6.45) is 10.7. The lowest BCUT2D eigenvalue weighted by Crippen LogP contribution is -2.46. The smallest absolute Gasteiger partial charge is 0.0164 e. The van der Waals surface area contributed by atoms with E-state index < -0.39 is 0 Å². The lowest BCUT2D eigenvalue weighted by molar-refractivity contribution is 0.0977. The minimum Gasteiger partial charge on any atom is -0.316 e. The summed E-state index contributed by atoms with van der Waals surface area (Å²) >= 11 is 0. The molecule has 1 aliphatic rings. The predicted octanol–water partition coefficient (Wildman–Crippen LogP) is 3.86. The monoisotopic (exact) mass is 278 g/mol. The number of nitrogens with one attached hydrogen (secondary N) is 1. The van der Waals surface area contributed by atoms with Gasteiger partial charge in [-0.05, 0) is 37.1 Å². The van der Waals surface area contributed by atoms with Crippen LogP contribution < -0.4 is 5.32 Å². The Morgan fingerprint density at radius 2 is 1.80 bits per heavy atom. The Morgan fingerprint density at radius 3 is 2.30 bits per heavy atom. The van der Waals surface area contributed by atoms with Gasteiger partial charge in [0.25, 0.3) is 0 Å². The molecule has 1 saturated carbocycles. The molecule has 0 atom stereocenters. The van der Waals surface area contributed by atoms with Crippen molar-refractivity contribution in [2.24, 2.45) is 11.3 Å². The van der Waals surface area contributed by atoms with Crippen LogP contribution in [-0.4, -0.2) is 37.6 Å². The van der Waals surface area contributed by atoms with Gasteiger partial charge < -0.3 is 5.32 Å². The van der Waals surface area contributed by atoms with Gasteiger partial charge in [0.05, 0.1) is 0 Å². The summed E-state index contributed by atoms with van der Waals surface area (Å²) < 4.78 is 0. The zero-order valence-electron chi connectivity index (χ0n) is 13.7. The van der Waals surface area contributed by atoms with Crippen molar-refractivity contribution in [3.05, 3.63) is 25.3 Å². The van der Waals surface area contributed by atoms with Crippen LogP contribution in [0.25, 0.3) is 0 Å². The highest BCUT2D eigenvalue weighted by Crippen LogP contribution is 2.39. The van der Waals surface area contributed by atoms with Gasteiger partial charge in [0.1, 0.15) is 0 Å². The zero-order chi connectivity index (χ0) is 14.8. The third kappa shape index (κ3) is 5.80. The van der Waals surface area contributed by atoms with E-state index in [1.54, 1.807) is 0 Å². The van der Waals surface area contributed by atoms with Crippen molar-refractivity contribution < 1.29 is 0 Å². The summed E-state index contributed by atoms with van der Waals surface area (Å²) in [6.45, 7) is 17.8. The molecule has 2 heteroatoms. The van der Waals surface area contributed by atoms with Gasteiger partial charge in [-0.15, -0.1) is 13.2 Å². The molecule has 116 valence electrons. The highest BCUT2D eigenvalue weighted by Gasteiger charge is 2.35. The summed E-state index contributed by atoms with van der Waals surface area (Å²) in [5, 5.41) is 3.67. The Hall–Kier alpha value is -0.600. The lowest BCUT2D eigenvalue weighted by atomic mass is 9.70. The van der Waals surface area contributed by atoms with Crippen molar-refractivity contribution in [3.8, 4) is 0 Å². The summed E-state index contributed by atoms with van der Waals surface area (Å²) in [7, 11) is 0. The van der Waals surface area contributed by atoms with Crippen molar-refractivity contribution in [2.45, 2.75) is 46.0 Å². The van der Waals surface area contributed by atoms with Gasteiger partial charge >= 0.3 is 0 Å². The second-order valence-corrected chi connectivity index (χ2v) is 6.63. The number of nitrogens with zero attached hydrogens (tertiary/aromatic N) is 1. The molecule has 0 saturated heterocycles. The Labute approximate surface area is 126 Å². The van der Waals surface area contributed by atoms with E-state index in [-0.39, 0.29) is 0 Å². The molecule has 0 radical (unpaired) electrons. The van der Waals surface area contributed by atoms with Crippen molar-refractivity contribution >= 4 is 0 Å². The van der Waals surface area contributed by atoms with E-state index in [1.165, 1.54) is 45.2 Å². The van der Waals surface area contributed by atoms with Crippen molar-refractivity contribution in [2.75, 3.05) is 32.7 Å². The molecule has 20 heavy (non-hydrogen) atoms. The van der Waals surface area contributed by atoms with E-state index in [0.29, 0.717) is 5.41 Å². The topological polar surface area (TPSA) is 15.3 Å². The standard InChI is InChI=1S/C18H34N2/c1-5-12-19-15-18(10-8-17(4)9-11-18)16-20(13-6-2)14-7-3/h6-7,17,19H,2-3,5,8-16H2,1,4H3. The van der Waals surface area contributed by atoms with E-state index >= 15 is 0 Å². The second-order valence-electron chi connectivity index (χ2n) is 6.63. The Morgan fingerprint density at radius 1 is 1.20 bits per heavy atom. The fourth-order valence-electron chi connectivity index (χ4n) is 3.34. The van der Waals surface area contributed by atoms with Crippen LogP contribution in [0.5, 0.6) is 0 Å². The third-order valence-electron chi connectivity index (χ3n) is 4.60. The normalized spacial score (nSPS) is 26.6. The van der Waals surface area contributed by atoms with E-state index in [1.807, 2.05) is 12.2 Å². The molecular weight excluding hydrogens is 244 g/mol. The number of hydrogen-bond donors (Lipinski definition) is 1. The summed E-state index contributed by atoms with van der Waals surface area (Å²) in [5.41, 5.74) is 0.452. The maximum Gasteiger partial charge on any atom is 0.0164 e. The highest BCUT2D eigenvalue weighted by atomic mass is 15.1. The van der Waals surface area contributed by atoms with Crippen molar-refractivity contribution in [1.29, 1.82) is 0 Å². The molecule has 1 aliphatic carbocycles. The maximum absolute atomic E-state index is 3.89. The molecule has 0 aromatic rings. The Balaban J connectivity index is 2.64. The first-order valence-corrected chi connectivity index (χ1v) is 8.30. The summed E-state index contributed by atoms with van der Waals surface area (Å²) in [6, 6.07) is 0. The molecule has 0 amide bonds. The molecule has 0 aliphatic heterocycles. The molecule has 0 unspecified atom stereocenters. The quantitative estimate of drug-likeness (QED) is 0.482. The van der Waals surface area contributed by atoms with Crippen LogP contribution >= 0.6 is 0 Å². The minimum atomic E-state index is 0.452. The van der Waals surface area contributed by atoms with E-state index in [0.717, 1.165) is 25.6 Å². The fourth-order valence-corrected chi connectivity index (χ4v) is 3.34. The molecule has 1 N–H and O–H groups in total. The minimum absolute atomic E-state index is 0.452. The van der Waals surface area contributed by atoms with Gasteiger partial charge in [0.2, 0.25) is 0 Å². The van der Waals surface area contributed by atoms with Crippen LogP contribution in [0.4, 0.5) is 0 Å². The Kier molecular flexibility index (Phi) is 8.16. The molecule has 0 spiro atoms. The van der Waals surface area contributed by atoms with Gasteiger partial charge in [0, 0.05) is 26.2 Å². The molecule has 2 nitrogen and oxygen atoms in total. The first-order chi connectivity index (χ1) is 9.65. The second kappa shape index (κ2) is 9.36. The van der Waals surface area contributed by atoms with Gasteiger partial charge in [-0.1, -0.05) is 38.8 Å². The van der Waals surface area contributed by atoms with E-state index in [2.05, 4.69) is 37.2 Å². The Bertz CT molecular complexity index is 267. The molecular formula is C18H34N2. The molecule has 0 heterocycles. The average molecular weight is 278 g/mol. The van der Waals surface area contributed by atoms with Crippen LogP contribution in [-0.2, 0) is 0 Å². The van der Waals surface area contributed by atoms with Crippen LogP contribution in [0.15, 0.2) is 25.3 Å². The largest absolute Gasteiger partial charge is 0.316 e. The average Bonchev–Trinajstić information content (AvgIpc) is 2.43. The van der Waals surface area contributed by atoms with Crippen LogP contribution in [0.1, 0.15) is 46.0 Å². The molecule has 1 rings (SSSR count). The third-order valence-corrected chi connectivity index (χ3v) is 4.60. The van der Waals surface area contributed by atoms with E-state index in [9.17, 15) is 0 Å². The zero-order valence-corrected chi connectivity index (χ0v) is 13.7. The van der Waals surface area contributed by atoms with Gasteiger partial charge in [-0.3, -0.25) is 4.90 Å². The molecule has 0 bridgehead atoms. The van der Waals surface area contributed by atoms with Gasteiger partial charge in [-0.25, -0.2) is 0 Å². The first kappa shape index (κ1) is 17.5. The van der Waals surface area contributed by atoms with Gasteiger partial charge in [0.15, 0.2) is 0 Å². The SMILES string of the molecule is C=CCN(CC=C)CC1(CNCCC)CCC(C)CC1. The van der Waals surface area contributed by atoms with Gasteiger partial charge in [-0.2, -0.15) is 0 Å².